The zero-order valence-electron chi connectivity index (χ0n) is 11.8. The van der Waals surface area contributed by atoms with E-state index >= 15 is 0 Å². The zero-order chi connectivity index (χ0) is 15.7. The van der Waals surface area contributed by atoms with Gasteiger partial charge in [-0.3, -0.25) is 4.79 Å². The third-order valence-corrected chi connectivity index (χ3v) is 4.08. The van der Waals surface area contributed by atoms with E-state index in [9.17, 15) is 13.2 Å². The largest absolute Gasteiger partial charge is 0.385 e. The van der Waals surface area contributed by atoms with Crippen LogP contribution in [0.3, 0.4) is 0 Å². The standard InChI is InChI=1S/C13H19ClN2O4S/c1-20-7-3-6-15-13(17)9-16-21(18,19)10-11-4-2-5-12(14)8-11/h2,4-5,8,16H,3,6-7,9-10H2,1H3,(H,15,17). The highest BCUT2D eigenvalue weighted by Gasteiger charge is 2.13. The van der Waals surface area contributed by atoms with Crippen molar-refractivity contribution in [3.63, 3.8) is 0 Å². The predicted molar refractivity (Wildman–Crippen MR) is 81.6 cm³/mol. The molecule has 0 bridgehead atoms. The smallest absolute Gasteiger partial charge is 0.235 e. The van der Waals surface area contributed by atoms with Crippen molar-refractivity contribution in [2.45, 2.75) is 12.2 Å². The van der Waals surface area contributed by atoms with E-state index in [0.29, 0.717) is 30.2 Å². The summed E-state index contributed by atoms with van der Waals surface area (Å²) in [6, 6.07) is 6.58. The molecular weight excluding hydrogens is 316 g/mol. The number of ether oxygens (including phenoxy) is 1. The first kappa shape index (κ1) is 17.9. The van der Waals surface area contributed by atoms with E-state index in [1.54, 1.807) is 31.4 Å². The van der Waals surface area contributed by atoms with Gasteiger partial charge in [0.05, 0.1) is 12.3 Å². The Bertz CT molecular complexity index is 563. The molecule has 0 fully saturated rings. The number of methoxy groups -OCH3 is 1. The molecule has 0 heterocycles. The number of nitrogens with one attached hydrogen (secondary N) is 2. The Morgan fingerprint density at radius 2 is 2.14 bits per heavy atom. The summed E-state index contributed by atoms with van der Waals surface area (Å²) in [6.45, 7) is 0.708. The highest BCUT2D eigenvalue weighted by molar-refractivity contribution is 7.88. The molecule has 0 radical (unpaired) electrons. The minimum atomic E-state index is -3.58. The summed E-state index contributed by atoms with van der Waals surface area (Å²) in [5.74, 6) is -0.592. The van der Waals surface area contributed by atoms with Crippen molar-refractivity contribution in [2.75, 3.05) is 26.8 Å². The number of carbonyl (C=O) groups is 1. The number of hydrogen-bond donors (Lipinski definition) is 2. The van der Waals surface area contributed by atoms with Crippen molar-refractivity contribution in [2.24, 2.45) is 0 Å². The van der Waals surface area contributed by atoms with E-state index in [2.05, 4.69) is 10.0 Å². The first-order valence-electron chi connectivity index (χ1n) is 6.40. The molecule has 21 heavy (non-hydrogen) atoms. The minimum absolute atomic E-state index is 0.218. The molecule has 0 aliphatic carbocycles. The quantitative estimate of drug-likeness (QED) is 0.657. The summed E-state index contributed by atoms with van der Waals surface area (Å²) in [7, 11) is -2.00. The summed E-state index contributed by atoms with van der Waals surface area (Å²) in [4.78, 5) is 11.5. The van der Waals surface area contributed by atoms with Crippen LogP contribution in [0.2, 0.25) is 5.02 Å². The summed E-state index contributed by atoms with van der Waals surface area (Å²) in [5.41, 5.74) is 0.565. The van der Waals surface area contributed by atoms with Crippen molar-refractivity contribution in [1.29, 1.82) is 0 Å². The zero-order valence-corrected chi connectivity index (χ0v) is 13.3. The third-order valence-electron chi connectivity index (χ3n) is 2.55. The molecule has 1 rings (SSSR count). The highest BCUT2D eigenvalue weighted by Crippen LogP contribution is 2.12. The molecule has 0 aromatic heterocycles. The fourth-order valence-electron chi connectivity index (χ4n) is 1.58. The minimum Gasteiger partial charge on any atom is -0.385 e. The van der Waals surface area contributed by atoms with Crippen LogP contribution in [-0.4, -0.2) is 41.1 Å². The number of halogens is 1. The molecule has 1 aromatic carbocycles. The monoisotopic (exact) mass is 334 g/mol. The Morgan fingerprint density at radius 3 is 2.81 bits per heavy atom. The molecule has 118 valence electrons. The average molecular weight is 335 g/mol. The van der Waals surface area contributed by atoms with Gasteiger partial charge in [-0.05, 0) is 24.1 Å². The molecule has 0 saturated carbocycles. The van der Waals surface area contributed by atoms with Gasteiger partial charge in [0.2, 0.25) is 15.9 Å². The van der Waals surface area contributed by atoms with E-state index in [1.807, 2.05) is 0 Å². The van der Waals surface area contributed by atoms with Crippen molar-refractivity contribution >= 4 is 27.5 Å². The maximum absolute atomic E-state index is 11.8. The van der Waals surface area contributed by atoms with Gasteiger partial charge in [-0.2, -0.15) is 0 Å². The van der Waals surface area contributed by atoms with Gasteiger partial charge in [0.25, 0.3) is 0 Å². The lowest BCUT2D eigenvalue weighted by molar-refractivity contribution is -0.120. The lowest BCUT2D eigenvalue weighted by Gasteiger charge is -2.08. The van der Waals surface area contributed by atoms with E-state index in [1.165, 1.54) is 0 Å². The molecular formula is C13H19ClN2O4S. The number of amides is 1. The van der Waals surface area contributed by atoms with E-state index in [-0.39, 0.29) is 18.2 Å². The molecule has 0 aliphatic rings. The van der Waals surface area contributed by atoms with Crippen LogP contribution in [0.4, 0.5) is 0 Å². The van der Waals surface area contributed by atoms with Gasteiger partial charge >= 0.3 is 0 Å². The lowest BCUT2D eigenvalue weighted by Crippen LogP contribution is -2.37. The van der Waals surface area contributed by atoms with Crippen LogP contribution in [0.5, 0.6) is 0 Å². The second-order valence-corrected chi connectivity index (χ2v) is 6.65. The van der Waals surface area contributed by atoms with E-state index in [4.69, 9.17) is 16.3 Å². The van der Waals surface area contributed by atoms with Gasteiger partial charge in [-0.1, -0.05) is 23.7 Å². The fourth-order valence-corrected chi connectivity index (χ4v) is 2.86. The molecule has 0 spiro atoms. The van der Waals surface area contributed by atoms with Gasteiger partial charge in [-0.15, -0.1) is 0 Å². The van der Waals surface area contributed by atoms with Crippen LogP contribution in [-0.2, 0) is 25.3 Å². The second-order valence-electron chi connectivity index (χ2n) is 4.41. The molecule has 8 heteroatoms. The maximum atomic E-state index is 11.8. The fraction of sp³-hybridized carbons (Fsp3) is 0.462. The summed E-state index contributed by atoms with van der Waals surface area (Å²) < 4.78 is 30.8. The number of rotatable bonds is 9. The number of carbonyl (C=O) groups excluding carboxylic acids is 1. The lowest BCUT2D eigenvalue weighted by atomic mass is 10.2. The second kappa shape index (κ2) is 8.99. The molecule has 1 aromatic rings. The summed E-state index contributed by atoms with van der Waals surface area (Å²) >= 11 is 5.79. The SMILES string of the molecule is COCCCNC(=O)CNS(=O)(=O)Cc1cccc(Cl)c1. The van der Waals surface area contributed by atoms with Gasteiger partial charge in [0.1, 0.15) is 0 Å². The topological polar surface area (TPSA) is 84.5 Å². The van der Waals surface area contributed by atoms with Crippen LogP contribution in [0, 0.1) is 0 Å². The Labute approximate surface area is 129 Å². The van der Waals surface area contributed by atoms with E-state index in [0.717, 1.165) is 0 Å². The van der Waals surface area contributed by atoms with Gasteiger partial charge in [-0.25, -0.2) is 13.1 Å². The Balaban J connectivity index is 2.37. The predicted octanol–water partition coefficient (Wildman–Crippen LogP) is 0.912. The number of hydrogen-bond acceptors (Lipinski definition) is 4. The molecule has 0 saturated heterocycles. The van der Waals surface area contributed by atoms with E-state index < -0.39 is 10.0 Å². The van der Waals surface area contributed by atoms with Gasteiger partial charge in [0, 0.05) is 25.3 Å². The average Bonchev–Trinajstić information content (AvgIpc) is 2.41. The van der Waals surface area contributed by atoms with Crippen molar-refractivity contribution in [3.05, 3.63) is 34.9 Å². The summed E-state index contributed by atoms with van der Waals surface area (Å²) in [6.07, 6.45) is 0.678. The molecule has 0 atom stereocenters. The van der Waals surface area contributed by atoms with Gasteiger partial charge in [0.15, 0.2) is 0 Å². The van der Waals surface area contributed by atoms with Crippen LogP contribution < -0.4 is 10.0 Å². The molecule has 2 N–H and O–H groups in total. The van der Waals surface area contributed by atoms with Crippen LogP contribution in [0.25, 0.3) is 0 Å². The Hall–Kier alpha value is -1.15. The molecule has 0 aliphatic heterocycles. The Morgan fingerprint density at radius 1 is 1.38 bits per heavy atom. The first-order chi connectivity index (χ1) is 9.93. The third kappa shape index (κ3) is 8.01. The van der Waals surface area contributed by atoms with Crippen LogP contribution in [0.15, 0.2) is 24.3 Å². The molecule has 0 unspecified atom stereocenters. The first-order valence-corrected chi connectivity index (χ1v) is 8.43. The van der Waals surface area contributed by atoms with Crippen LogP contribution in [0.1, 0.15) is 12.0 Å². The molecule has 1 amide bonds. The van der Waals surface area contributed by atoms with Crippen molar-refractivity contribution < 1.29 is 17.9 Å². The van der Waals surface area contributed by atoms with Crippen molar-refractivity contribution in [3.8, 4) is 0 Å². The molecule has 6 nitrogen and oxygen atoms in total. The maximum Gasteiger partial charge on any atom is 0.235 e. The van der Waals surface area contributed by atoms with Crippen molar-refractivity contribution in [1.82, 2.24) is 10.0 Å². The number of benzene rings is 1. The van der Waals surface area contributed by atoms with Crippen LogP contribution >= 0.6 is 11.6 Å². The summed E-state index contributed by atoms with van der Waals surface area (Å²) in [5, 5.41) is 3.07. The highest BCUT2D eigenvalue weighted by atomic mass is 35.5. The Kier molecular flexibility index (Phi) is 7.66. The number of sulfonamides is 1. The van der Waals surface area contributed by atoms with Gasteiger partial charge < -0.3 is 10.1 Å². The normalized spacial score (nSPS) is 11.3.